The number of aromatic nitrogens is 4. The molecule has 42 heavy (non-hydrogen) atoms. The van der Waals surface area contributed by atoms with Crippen molar-refractivity contribution in [2.24, 2.45) is 0 Å². The van der Waals surface area contributed by atoms with E-state index in [2.05, 4.69) is 21.9 Å². The van der Waals surface area contributed by atoms with E-state index >= 15 is 4.39 Å². The van der Waals surface area contributed by atoms with Crippen molar-refractivity contribution in [1.29, 1.82) is 0 Å². The molecule has 1 aromatic carbocycles. The van der Waals surface area contributed by atoms with Gasteiger partial charge in [0.15, 0.2) is 18.0 Å². The Bertz CT molecular complexity index is 1350. The van der Waals surface area contributed by atoms with Gasteiger partial charge < -0.3 is 24.4 Å². The van der Waals surface area contributed by atoms with Crippen molar-refractivity contribution in [3.8, 4) is 0 Å². The molecule has 0 radical (unpaired) electrons. The molecule has 2 N–H and O–H groups in total. The molecular weight excluding hydrogens is 591 g/mol. The highest BCUT2D eigenvalue weighted by molar-refractivity contribution is 7.99. The number of carbonyl (C=O) groups is 2. The number of carbonyl (C=O) groups excluding carboxylic acids is 1. The summed E-state index contributed by atoms with van der Waals surface area (Å²) in [5.41, 5.74) is -1.31. The molecular formula is C28H36ClFN4O7S. The van der Waals surface area contributed by atoms with Gasteiger partial charge in [-0.1, -0.05) is 57.5 Å². The van der Waals surface area contributed by atoms with Crippen molar-refractivity contribution < 1.29 is 38.4 Å². The summed E-state index contributed by atoms with van der Waals surface area (Å²) in [5, 5.41) is 21.3. The second kappa shape index (κ2) is 15.1. The molecule has 5 atom stereocenters. The van der Waals surface area contributed by atoms with Crippen LogP contribution in [0.5, 0.6) is 0 Å². The number of nitrogens with zero attached hydrogens (tertiary/aromatic N) is 4. The second-order valence-corrected chi connectivity index (χ2v) is 10.9. The van der Waals surface area contributed by atoms with Crippen LogP contribution in [-0.2, 0) is 30.2 Å². The van der Waals surface area contributed by atoms with Crippen LogP contribution >= 0.6 is 23.4 Å². The lowest BCUT2D eigenvalue weighted by atomic mass is 9.94. The molecule has 0 aliphatic carbocycles. The largest absolute Gasteiger partial charge is 0.479 e. The third-order valence-electron chi connectivity index (χ3n) is 6.66. The smallest absolute Gasteiger partial charge is 0.350 e. The number of unbranched alkanes of at least 4 members (excludes halogenated alkanes) is 2. The number of hydrogen-bond donors (Lipinski definition) is 2. The molecule has 0 bridgehead atoms. The quantitative estimate of drug-likeness (QED) is 0.0644. The van der Waals surface area contributed by atoms with Gasteiger partial charge in [0, 0.05) is 6.42 Å². The number of esters is 1. The lowest BCUT2D eigenvalue weighted by molar-refractivity contribution is -0.193. The van der Waals surface area contributed by atoms with Gasteiger partial charge in [0.1, 0.15) is 22.8 Å². The molecule has 0 spiro atoms. The number of fused-ring (bicyclic) bond motifs is 1. The number of rotatable bonds is 14. The molecule has 230 valence electrons. The Morgan fingerprint density at radius 1 is 1.21 bits per heavy atom. The van der Waals surface area contributed by atoms with E-state index in [4.69, 9.17) is 25.8 Å². The van der Waals surface area contributed by atoms with Gasteiger partial charge in [-0.3, -0.25) is 4.57 Å². The van der Waals surface area contributed by atoms with Crippen LogP contribution in [0.1, 0.15) is 52.3 Å². The Labute approximate surface area is 252 Å². The van der Waals surface area contributed by atoms with Crippen molar-refractivity contribution in [2.45, 2.75) is 82.2 Å². The number of carboxylic acid groups (broad SMARTS) is 1. The lowest BCUT2D eigenvalue weighted by Crippen LogP contribution is -2.53. The van der Waals surface area contributed by atoms with Gasteiger partial charge >= 0.3 is 11.9 Å². The van der Waals surface area contributed by atoms with Crippen LogP contribution in [0.2, 0.25) is 5.28 Å². The molecule has 1 aliphatic rings. The first-order valence-corrected chi connectivity index (χ1v) is 14.7. The van der Waals surface area contributed by atoms with E-state index in [0.29, 0.717) is 16.1 Å². The summed E-state index contributed by atoms with van der Waals surface area (Å²) >= 11 is 7.63. The fraction of sp³-hybridized carbons (Fsp3) is 0.536. The van der Waals surface area contributed by atoms with Gasteiger partial charge in [0.2, 0.25) is 5.28 Å². The van der Waals surface area contributed by atoms with Crippen LogP contribution < -0.4 is 0 Å². The number of alkyl halides is 1. The van der Waals surface area contributed by atoms with Gasteiger partial charge in [0.05, 0.1) is 19.5 Å². The van der Waals surface area contributed by atoms with Crippen LogP contribution in [0.25, 0.3) is 11.2 Å². The lowest BCUT2D eigenvalue weighted by Gasteiger charge is -2.29. The fourth-order valence-corrected chi connectivity index (χ4v) is 5.69. The third kappa shape index (κ3) is 7.20. The molecule has 1 saturated heterocycles. The maximum Gasteiger partial charge on any atom is 0.350 e. The number of aliphatic carboxylic acids is 1. The summed E-state index contributed by atoms with van der Waals surface area (Å²) in [4.78, 5) is 38.1. The zero-order valence-corrected chi connectivity index (χ0v) is 24.2. The maximum absolute atomic E-state index is 15.4. The molecule has 1 unspecified atom stereocenters. The Hall–Kier alpha value is -2.84. The van der Waals surface area contributed by atoms with Gasteiger partial charge in [-0.15, -0.1) is 11.8 Å². The van der Waals surface area contributed by atoms with Crippen LogP contribution in [0, 0.1) is 0 Å². The van der Waals surface area contributed by atoms with Crippen molar-refractivity contribution >= 4 is 46.5 Å². The van der Waals surface area contributed by atoms with E-state index in [1.54, 1.807) is 30.3 Å². The molecule has 0 saturated carbocycles. The summed E-state index contributed by atoms with van der Waals surface area (Å²) < 4.78 is 33.3. The fourth-order valence-electron chi connectivity index (χ4n) is 4.50. The molecule has 1 aliphatic heterocycles. The van der Waals surface area contributed by atoms with Gasteiger partial charge in [-0.2, -0.15) is 4.98 Å². The van der Waals surface area contributed by atoms with E-state index in [9.17, 15) is 19.8 Å². The molecule has 3 heterocycles. The van der Waals surface area contributed by atoms with Crippen molar-refractivity contribution in [3.63, 3.8) is 0 Å². The third-order valence-corrected chi connectivity index (χ3v) is 7.88. The normalized spacial score (nSPS) is 21.5. The molecule has 1 fully saturated rings. The highest BCUT2D eigenvalue weighted by atomic mass is 35.5. The first kappa shape index (κ1) is 33.7. The predicted molar refractivity (Wildman–Crippen MR) is 155 cm³/mol. The standard InChI is InChI=1S/C27H32ClFN4O7S.CH4/c1-3-5-9-12-41-22-19-21(31-26(28)32-22)33(15-30-19)23-18(29)20(34)17(40-23)14-39-27(24(35)36,25(37)38-4-2)13-16-10-7-6-8-11-16;/h6-8,10-11,15,17-18,20,23,34H,3-5,9,12-14H2,1-2H3,(H,35,36);1H4/t17-,18+,20-,23-,27?;/m1./s1. The number of hydrogen-bond acceptors (Lipinski definition) is 10. The Morgan fingerprint density at radius 2 is 1.95 bits per heavy atom. The molecule has 0 amide bonds. The minimum Gasteiger partial charge on any atom is -0.479 e. The van der Waals surface area contributed by atoms with Crippen LogP contribution in [0.15, 0.2) is 41.7 Å². The van der Waals surface area contributed by atoms with E-state index in [0.717, 1.165) is 25.0 Å². The molecule has 11 nitrogen and oxygen atoms in total. The Balaban J connectivity index is 0.00000484. The number of thioether (sulfide) groups is 1. The SMILES string of the molecule is C.CCCCCSc1nc(Cl)nc2c1ncn2[C@@H]1O[C@H](COC(Cc2ccccc2)(C(=O)O)C(=O)OCC)[C@@H](O)[C@@H]1F. The summed E-state index contributed by atoms with van der Waals surface area (Å²) in [7, 11) is 0. The molecule has 3 aromatic rings. The monoisotopic (exact) mass is 626 g/mol. The number of aliphatic hydroxyl groups is 1. The summed E-state index contributed by atoms with van der Waals surface area (Å²) in [6.45, 7) is 2.95. The highest BCUT2D eigenvalue weighted by Gasteiger charge is 2.52. The van der Waals surface area contributed by atoms with E-state index in [1.165, 1.54) is 29.6 Å². The molecule has 2 aromatic heterocycles. The maximum atomic E-state index is 15.4. The number of ether oxygens (including phenoxy) is 3. The van der Waals surface area contributed by atoms with Gasteiger partial charge in [0.25, 0.3) is 5.60 Å². The van der Waals surface area contributed by atoms with Crippen LogP contribution in [-0.4, -0.2) is 84.6 Å². The number of carboxylic acids is 1. The Morgan fingerprint density at radius 3 is 2.62 bits per heavy atom. The topological polar surface area (TPSA) is 146 Å². The van der Waals surface area contributed by atoms with Gasteiger partial charge in [-0.05, 0) is 36.3 Å². The van der Waals surface area contributed by atoms with Gasteiger partial charge in [-0.25, -0.2) is 23.9 Å². The van der Waals surface area contributed by atoms with Crippen LogP contribution in [0.4, 0.5) is 4.39 Å². The van der Waals surface area contributed by atoms with E-state index in [1.807, 2.05) is 0 Å². The van der Waals surface area contributed by atoms with Crippen molar-refractivity contribution in [1.82, 2.24) is 19.5 Å². The predicted octanol–water partition coefficient (Wildman–Crippen LogP) is 4.64. The molecule has 14 heteroatoms. The average Bonchev–Trinajstić information content (AvgIpc) is 3.49. The summed E-state index contributed by atoms with van der Waals surface area (Å²) in [5.74, 6) is -1.91. The highest BCUT2D eigenvalue weighted by Crippen LogP contribution is 2.36. The first-order valence-electron chi connectivity index (χ1n) is 13.3. The van der Waals surface area contributed by atoms with E-state index < -0.39 is 48.8 Å². The first-order chi connectivity index (χ1) is 19.7. The second-order valence-electron chi connectivity index (χ2n) is 9.50. The average molecular weight is 627 g/mol. The van der Waals surface area contributed by atoms with Crippen molar-refractivity contribution in [2.75, 3.05) is 19.0 Å². The van der Waals surface area contributed by atoms with E-state index in [-0.39, 0.29) is 31.4 Å². The number of benzene rings is 1. The van der Waals surface area contributed by atoms with Crippen LogP contribution in [0.3, 0.4) is 0 Å². The number of imidazole rings is 1. The molecule has 4 rings (SSSR count). The minimum absolute atomic E-state index is 0. The number of halogens is 2. The minimum atomic E-state index is -2.45. The van der Waals surface area contributed by atoms with Crippen molar-refractivity contribution in [3.05, 3.63) is 47.5 Å². The zero-order chi connectivity index (χ0) is 29.6. The number of aliphatic hydroxyl groups excluding tert-OH is 1. The Kier molecular flexibility index (Phi) is 12.1. The summed E-state index contributed by atoms with van der Waals surface area (Å²) in [6.07, 6.45) is -2.27. The summed E-state index contributed by atoms with van der Waals surface area (Å²) in [6, 6.07) is 8.41. The zero-order valence-electron chi connectivity index (χ0n) is 22.6.